The van der Waals surface area contributed by atoms with E-state index in [9.17, 15) is 9.18 Å². The molecule has 0 bridgehead atoms. The van der Waals surface area contributed by atoms with Gasteiger partial charge >= 0.3 is 0 Å². The summed E-state index contributed by atoms with van der Waals surface area (Å²) in [5.74, 6) is 0.298. The summed E-state index contributed by atoms with van der Waals surface area (Å²) in [5, 5.41) is 2.84. The molecule has 1 amide bonds. The number of halogens is 1. The number of hydrogen-bond donors (Lipinski definition) is 1. The van der Waals surface area contributed by atoms with Gasteiger partial charge in [0.05, 0.1) is 11.4 Å². The van der Waals surface area contributed by atoms with Crippen LogP contribution in [-0.4, -0.2) is 22.1 Å². The van der Waals surface area contributed by atoms with Gasteiger partial charge < -0.3 is 14.6 Å². The lowest BCUT2D eigenvalue weighted by atomic mass is 10.1. The van der Waals surface area contributed by atoms with Crippen molar-refractivity contribution >= 4 is 11.6 Å². The Balaban J connectivity index is 1.49. The summed E-state index contributed by atoms with van der Waals surface area (Å²) in [6.45, 7) is 0.711. The predicted molar refractivity (Wildman–Crippen MR) is 101 cm³/mol. The molecule has 1 aliphatic rings. The minimum Gasteiger partial charge on any atom is -0.481 e. The molecule has 0 spiro atoms. The lowest BCUT2D eigenvalue weighted by Crippen LogP contribution is -2.20. The smallest absolute Gasteiger partial charge is 0.262 e. The zero-order chi connectivity index (χ0) is 18.6. The Morgan fingerprint density at radius 2 is 1.96 bits per heavy atom. The van der Waals surface area contributed by atoms with Crippen LogP contribution in [0.15, 0.2) is 54.7 Å². The Kier molecular flexibility index (Phi) is 4.87. The number of para-hydroxylation sites is 2. The van der Waals surface area contributed by atoms with E-state index in [-0.39, 0.29) is 18.3 Å². The molecule has 1 aliphatic heterocycles. The van der Waals surface area contributed by atoms with Crippen molar-refractivity contribution in [3.63, 3.8) is 0 Å². The van der Waals surface area contributed by atoms with Gasteiger partial charge in [-0.1, -0.05) is 30.3 Å². The highest BCUT2D eigenvalue weighted by Crippen LogP contribution is 2.29. The topological polar surface area (TPSA) is 56.1 Å². The number of aromatic nitrogens is 2. The Hall–Kier alpha value is -3.15. The first-order chi connectivity index (χ1) is 13.2. The van der Waals surface area contributed by atoms with Gasteiger partial charge in [0, 0.05) is 24.7 Å². The van der Waals surface area contributed by atoms with Gasteiger partial charge in [-0.15, -0.1) is 0 Å². The van der Waals surface area contributed by atoms with Crippen LogP contribution in [0.5, 0.6) is 5.75 Å². The van der Waals surface area contributed by atoms with Crippen molar-refractivity contribution in [1.82, 2.24) is 9.55 Å². The van der Waals surface area contributed by atoms with Crippen LogP contribution in [0.2, 0.25) is 0 Å². The molecule has 2 aromatic carbocycles. The standard InChI is InChI=1S/C21H20FN3O2/c22-16-8-2-4-10-19(16)27-14-21(26)24-17-9-3-1-7-15(17)18-13-25-12-6-5-11-20(25)23-18/h1-4,7-10,13H,5-6,11-12,14H2,(H,24,26). The van der Waals surface area contributed by atoms with E-state index >= 15 is 0 Å². The second kappa shape index (κ2) is 7.61. The van der Waals surface area contributed by atoms with Crippen molar-refractivity contribution in [3.8, 4) is 17.0 Å². The molecule has 6 heteroatoms. The van der Waals surface area contributed by atoms with Gasteiger partial charge in [0.25, 0.3) is 5.91 Å². The van der Waals surface area contributed by atoms with Crippen molar-refractivity contribution < 1.29 is 13.9 Å². The van der Waals surface area contributed by atoms with Crippen molar-refractivity contribution in [1.29, 1.82) is 0 Å². The van der Waals surface area contributed by atoms with E-state index in [4.69, 9.17) is 9.72 Å². The summed E-state index contributed by atoms with van der Waals surface area (Å²) in [4.78, 5) is 17.0. The van der Waals surface area contributed by atoms with Crippen LogP contribution in [0.25, 0.3) is 11.3 Å². The number of carbonyl (C=O) groups excluding carboxylic acids is 1. The molecule has 138 valence electrons. The number of nitrogens with one attached hydrogen (secondary N) is 1. The van der Waals surface area contributed by atoms with Crippen LogP contribution in [0.1, 0.15) is 18.7 Å². The van der Waals surface area contributed by atoms with E-state index < -0.39 is 5.82 Å². The first-order valence-corrected chi connectivity index (χ1v) is 9.03. The number of aryl methyl sites for hydroxylation is 2. The maximum Gasteiger partial charge on any atom is 0.262 e. The van der Waals surface area contributed by atoms with Crippen LogP contribution in [0.3, 0.4) is 0 Å². The first-order valence-electron chi connectivity index (χ1n) is 9.03. The SMILES string of the molecule is O=C(COc1ccccc1F)Nc1ccccc1-c1cn2c(n1)CCCC2. The number of ether oxygens (including phenoxy) is 1. The number of carbonyl (C=O) groups is 1. The van der Waals surface area contributed by atoms with E-state index in [1.165, 1.54) is 12.1 Å². The molecule has 0 fully saturated rings. The highest BCUT2D eigenvalue weighted by atomic mass is 19.1. The molecule has 0 radical (unpaired) electrons. The lowest BCUT2D eigenvalue weighted by molar-refractivity contribution is -0.118. The van der Waals surface area contributed by atoms with Gasteiger partial charge in [-0.05, 0) is 31.0 Å². The van der Waals surface area contributed by atoms with Gasteiger partial charge in [-0.3, -0.25) is 4.79 Å². The number of hydrogen-bond acceptors (Lipinski definition) is 3. The fraction of sp³-hybridized carbons (Fsp3) is 0.238. The molecule has 27 heavy (non-hydrogen) atoms. The molecule has 0 unspecified atom stereocenters. The van der Waals surface area contributed by atoms with Crippen LogP contribution in [0, 0.1) is 5.82 Å². The number of nitrogens with zero attached hydrogens (tertiary/aromatic N) is 2. The summed E-state index contributed by atoms with van der Waals surface area (Å²) in [6.07, 6.45) is 5.33. The third-order valence-electron chi connectivity index (χ3n) is 4.58. The summed E-state index contributed by atoms with van der Waals surface area (Å²) in [5.41, 5.74) is 2.37. The highest BCUT2D eigenvalue weighted by molar-refractivity contribution is 5.95. The number of rotatable bonds is 5. The fourth-order valence-electron chi connectivity index (χ4n) is 3.25. The normalized spacial score (nSPS) is 13.1. The average molecular weight is 365 g/mol. The quantitative estimate of drug-likeness (QED) is 0.742. The monoisotopic (exact) mass is 365 g/mol. The molecule has 0 atom stereocenters. The summed E-state index contributed by atoms with van der Waals surface area (Å²) in [6, 6.07) is 13.5. The third-order valence-corrected chi connectivity index (χ3v) is 4.58. The van der Waals surface area contributed by atoms with E-state index in [0.29, 0.717) is 5.69 Å². The Morgan fingerprint density at radius 1 is 1.15 bits per heavy atom. The second-order valence-electron chi connectivity index (χ2n) is 6.51. The van der Waals surface area contributed by atoms with Gasteiger partial charge in [-0.2, -0.15) is 0 Å². The maximum atomic E-state index is 13.6. The van der Waals surface area contributed by atoms with Gasteiger partial charge in [-0.25, -0.2) is 9.37 Å². The summed E-state index contributed by atoms with van der Waals surface area (Å²) >= 11 is 0. The predicted octanol–water partition coefficient (Wildman–Crippen LogP) is 4.04. The molecule has 5 nitrogen and oxygen atoms in total. The molecule has 4 rings (SSSR count). The van der Waals surface area contributed by atoms with Crippen molar-refractivity contribution in [3.05, 3.63) is 66.4 Å². The molecule has 2 heterocycles. The van der Waals surface area contributed by atoms with Crippen LogP contribution in [-0.2, 0) is 17.8 Å². The fourth-order valence-corrected chi connectivity index (χ4v) is 3.25. The summed E-state index contributed by atoms with van der Waals surface area (Å²) < 4.78 is 21.1. The minimum absolute atomic E-state index is 0.0581. The first kappa shape index (κ1) is 17.3. The largest absolute Gasteiger partial charge is 0.481 e. The molecular formula is C21H20FN3O2. The Bertz CT molecular complexity index is 944. The van der Waals surface area contributed by atoms with Crippen LogP contribution >= 0.6 is 0 Å². The van der Waals surface area contributed by atoms with Crippen LogP contribution < -0.4 is 10.1 Å². The minimum atomic E-state index is -0.491. The van der Waals surface area contributed by atoms with E-state index in [1.807, 2.05) is 30.5 Å². The molecule has 3 aromatic rings. The van der Waals surface area contributed by atoms with Gasteiger partial charge in [0.2, 0.25) is 0 Å². The zero-order valence-electron chi connectivity index (χ0n) is 14.8. The van der Waals surface area contributed by atoms with Gasteiger partial charge in [0.1, 0.15) is 5.82 Å². The second-order valence-corrected chi connectivity index (χ2v) is 6.51. The average Bonchev–Trinajstić information content (AvgIpc) is 3.12. The lowest BCUT2D eigenvalue weighted by Gasteiger charge is -2.11. The molecule has 0 saturated heterocycles. The number of anilines is 1. The van der Waals surface area contributed by atoms with Gasteiger partial charge in [0.15, 0.2) is 18.2 Å². The Morgan fingerprint density at radius 3 is 2.81 bits per heavy atom. The number of imidazole rings is 1. The highest BCUT2D eigenvalue weighted by Gasteiger charge is 2.16. The summed E-state index contributed by atoms with van der Waals surface area (Å²) in [7, 11) is 0. The zero-order valence-corrected chi connectivity index (χ0v) is 14.8. The van der Waals surface area contributed by atoms with Crippen molar-refractivity contribution in [2.75, 3.05) is 11.9 Å². The molecule has 0 saturated carbocycles. The number of amides is 1. The molecule has 1 N–H and O–H groups in total. The van der Waals surface area contributed by atoms with E-state index in [1.54, 1.807) is 12.1 Å². The molecular weight excluding hydrogens is 345 g/mol. The number of fused-ring (bicyclic) bond motifs is 1. The van der Waals surface area contributed by atoms with Crippen LogP contribution in [0.4, 0.5) is 10.1 Å². The van der Waals surface area contributed by atoms with Crippen molar-refractivity contribution in [2.45, 2.75) is 25.8 Å². The van der Waals surface area contributed by atoms with E-state index in [0.717, 1.165) is 42.9 Å². The Labute approximate surface area is 156 Å². The third kappa shape index (κ3) is 3.84. The molecule has 1 aromatic heterocycles. The maximum absolute atomic E-state index is 13.6. The van der Waals surface area contributed by atoms with E-state index in [2.05, 4.69) is 9.88 Å². The molecule has 0 aliphatic carbocycles. The number of benzene rings is 2. The van der Waals surface area contributed by atoms with Crippen molar-refractivity contribution in [2.24, 2.45) is 0 Å².